The highest BCUT2D eigenvalue weighted by atomic mass is 32.1. The van der Waals surface area contributed by atoms with Crippen LogP contribution in [0.25, 0.3) is 16.5 Å². The second-order valence-corrected chi connectivity index (χ2v) is 6.57. The van der Waals surface area contributed by atoms with Gasteiger partial charge in [0.15, 0.2) is 0 Å². The molecule has 0 aromatic carbocycles. The third kappa shape index (κ3) is 2.32. The van der Waals surface area contributed by atoms with Gasteiger partial charge in [0.05, 0.1) is 10.7 Å². The number of rotatable bonds is 3. The van der Waals surface area contributed by atoms with Crippen molar-refractivity contribution in [2.45, 2.75) is 13.3 Å². The third-order valence-electron chi connectivity index (χ3n) is 2.93. The van der Waals surface area contributed by atoms with Gasteiger partial charge in [-0.3, -0.25) is 4.98 Å². The topological polar surface area (TPSA) is 68.9 Å². The molecule has 0 spiro atoms. The van der Waals surface area contributed by atoms with Crippen LogP contribution in [0, 0.1) is 6.92 Å². The van der Waals surface area contributed by atoms with Gasteiger partial charge in [0.25, 0.3) is 0 Å². The minimum Gasteiger partial charge on any atom is -0.253 e. The summed E-state index contributed by atoms with van der Waals surface area (Å²) in [6.45, 7) is 2.01. The second-order valence-electron chi connectivity index (χ2n) is 4.46. The molecule has 6 nitrogen and oxygen atoms in total. The Morgan fingerprint density at radius 2 is 2.19 bits per heavy atom. The maximum absolute atomic E-state index is 4.59. The van der Waals surface area contributed by atoms with E-state index in [1.807, 2.05) is 25.1 Å². The lowest BCUT2D eigenvalue weighted by molar-refractivity contribution is 0.904. The predicted molar refractivity (Wildman–Crippen MR) is 81.5 cm³/mol. The number of aromatic nitrogens is 6. The Kier molecular flexibility index (Phi) is 2.97. The molecule has 0 atom stereocenters. The molecule has 0 aliphatic carbocycles. The predicted octanol–water partition coefficient (Wildman–Crippen LogP) is 2.60. The summed E-state index contributed by atoms with van der Waals surface area (Å²) in [5.41, 5.74) is 1.81. The number of nitrogens with zero attached hydrogens (tertiary/aromatic N) is 6. The van der Waals surface area contributed by atoms with Crippen LogP contribution >= 0.6 is 22.7 Å². The lowest BCUT2D eigenvalue weighted by atomic mass is 10.3. The molecule has 4 aromatic heterocycles. The van der Waals surface area contributed by atoms with Gasteiger partial charge in [-0.05, 0) is 19.1 Å². The number of fused-ring (bicyclic) bond motifs is 1. The van der Waals surface area contributed by atoms with Crippen LogP contribution in [0.1, 0.15) is 15.7 Å². The third-order valence-corrected chi connectivity index (χ3v) is 4.65. The molecule has 0 radical (unpaired) electrons. The molecule has 0 amide bonds. The molecule has 21 heavy (non-hydrogen) atoms. The molecule has 0 aliphatic heterocycles. The lowest BCUT2D eigenvalue weighted by Gasteiger charge is -1.94. The van der Waals surface area contributed by atoms with E-state index in [-0.39, 0.29) is 0 Å². The highest BCUT2D eigenvalue weighted by Gasteiger charge is 2.14. The molecule has 4 heterocycles. The smallest absolute Gasteiger partial charge is 0.235 e. The van der Waals surface area contributed by atoms with Crippen molar-refractivity contribution in [1.82, 2.24) is 29.8 Å². The maximum atomic E-state index is 4.59. The molecule has 0 saturated carbocycles. The Morgan fingerprint density at radius 1 is 1.24 bits per heavy atom. The summed E-state index contributed by atoms with van der Waals surface area (Å²) in [4.78, 5) is 9.54. The highest BCUT2D eigenvalue weighted by molar-refractivity contribution is 7.16. The summed E-state index contributed by atoms with van der Waals surface area (Å²) in [6.07, 6.45) is 2.46. The monoisotopic (exact) mass is 314 g/mol. The van der Waals surface area contributed by atoms with Crippen LogP contribution in [0.2, 0.25) is 0 Å². The van der Waals surface area contributed by atoms with E-state index in [1.165, 1.54) is 11.3 Å². The molecule has 4 aromatic rings. The lowest BCUT2D eigenvalue weighted by Crippen LogP contribution is -1.95. The fraction of sp³-hybridized carbons (Fsp3) is 0.154. The first kappa shape index (κ1) is 12.5. The van der Waals surface area contributed by atoms with Gasteiger partial charge in [-0.2, -0.15) is 9.61 Å². The fourth-order valence-electron chi connectivity index (χ4n) is 2.03. The number of thiazole rings is 1. The minimum atomic E-state index is 0.669. The summed E-state index contributed by atoms with van der Waals surface area (Å²) in [6, 6.07) is 5.70. The van der Waals surface area contributed by atoms with Crippen molar-refractivity contribution in [3.05, 3.63) is 45.5 Å². The molecular formula is C13H10N6S2. The van der Waals surface area contributed by atoms with Crippen molar-refractivity contribution in [2.24, 2.45) is 0 Å². The van der Waals surface area contributed by atoms with Gasteiger partial charge in [-0.25, -0.2) is 4.98 Å². The van der Waals surface area contributed by atoms with Crippen LogP contribution in [-0.2, 0) is 6.42 Å². The van der Waals surface area contributed by atoms with Crippen LogP contribution in [-0.4, -0.2) is 29.8 Å². The Bertz CT molecular complexity index is 892. The molecule has 0 saturated heterocycles. The molecule has 8 heteroatoms. The summed E-state index contributed by atoms with van der Waals surface area (Å²) in [5, 5.41) is 17.0. The Hall–Kier alpha value is -2.19. The van der Waals surface area contributed by atoms with Crippen LogP contribution in [0.5, 0.6) is 0 Å². The summed E-state index contributed by atoms with van der Waals surface area (Å²) < 4.78 is 1.75. The van der Waals surface area contributed by atoms with E-state index in [0.717, 1.165) is 32.8 Å². The zero-order chi connectivity index (χ0) is 14.2. The maximum Gasteiger partial charge on any atom is 0.235 e. The Morgan fingerprint density at radius 3 is 2.95 bits per heavy atom. The zero-order valence-corrected chi connectivity index (χ0v) is 12.7. The zero-order valence-electron chi connectivity index (χ0n) is 11.1. The van der Waals surface area contributed by atoms with Crippen molar-refractivity contribution in [3.63, 3.8) is 0 Å². The quantitative estimate of drug-likeness (QED) is 0.581. The summed E-state index contributed by atoms with van der Waals surface area (Å²) >= 11 is 3.19. The van der Waals surface area contributed by atoms with E-state index in [4.69, 9.17) is 0 Å². The molecule has 0 bridgehead atoms. The normalized spacial score (nSPS) is 11.3. The van der Waals surface area contributed by atoms with Crippen molar-refractivity contribution in [1.29, 1.82) is 0 Å². The molecule has 104 valence electrons. The van der Waals surface area contributed by atoms with Crippen LogP contribution in [0.15, 0.2) is 29.8 Å². The first-order chi connectivity index (χ1) is 10.3. The van der Waals surface area contributed by atoms with Crippen molar-refractivity contribution >= 4 is 27.6 Å². The van der Waals surface area contributed by atoms with Crippen molar-refractivity contribution in [2.75, 3.05) is 0 Å². The number of aryl methyl sites for hydroxylation is 1. The van der Waals surface area contributed by atoms with E-state index >= 15 is 0 Å². The van der Waals surface area contributed by atoms with Crippen LogP contribution in [0.4, 0.5) is 0 Å². The van der Waals surface area contributed by atoms with E-state index in [0.29, 0.717) is 5.82 Å². The van der Waals surface area contributed by atoms with E-state index < -0.39 is 0 Å². The minimum absolute atomic E-state index is 0.669. The average Bonchev–Trinajstić information content (AvgIpc) is 3.16. The number of hydrogen-bond acceptors (Lipinski definition) is 7. The average molecular weight is 314 g/mol. The van der Waals surface area contributed by atoms with Gasteiger partial charge in [-0.1, -0.05) is 17.4 Å². The molecule has 0 N–H and O–H groups in total. The Labute approximate surface area is 128 Å². The largest absolute Gasteiger partial charge is 0.253 e. The van der Waals surface area contributed by atoms with E-state index in [9.17, 15) is 0 Å². The van der Waals surface area contributed by atoms with Gasteiger partial charge < -0.3 is 0 Å². The number of pyridine rings is 1. The van der Waals surface area contributed by atoms with Crippen molar-refractivity contribution in [3.8, 4) is 11.5 Å². The molecule has 0 aliphatic rings. The van der Waals surface area contributed by atoms with Gasteiger partial charge in [0, 0.05) is 18.0 Å². The number of hydrogen-bond donors (Lipinski definition) is 0. The van der Waals surface area contributed by atoms with Gasteiger partial charge in [-0.15, -0.1) is 21.5 Å². The van der Waals surface area contributed by atoms with E-state index in [2.05, 4.69) is 30.6 Å². The highest BCUT2D eigenvalue weighted by Crippen LogP contribution is 2.22. The summed E-state index contributed by atoms with van der Waals surface area (Å²) in [7, 11) is 0. The van der Waals surface area contributed by atoms with Gasteiger partial charge in [0.1, 0.15) is 10.7 Å². The van der Waals surface area contributed by atoms with Crippen LogP contribution < -0.4 is 0 Å². The SMILES string of the molecule is Cc1nc(Cc2nn3c(-c4ccccn4)nnc3s2)cs1. The van der Waals surface area contributed by atoms with Crippen LogP contribution in [0.3, 0.4) is 0 Å². The van der Waals surface area contributed by atoms with E-state index in [1.54, 1.807) is 22.0 Å². The molecule has 0 fully saturated rings. The summed E-state index contributed by atoms with van der Waals surface area (Å²) in [5.74, 6) is 0.669. The Balaban J connectivity index is 1.72. The molecule has 4 rings (SSSR count). The standard InChI is InChI=1S/C13H10N6S2/c1-8-15-9(7-20-8)6-11-18-19-12(16-17-13(19)21-11)10-4-2-3-5-14-10/h2-5,7H,6H2,1H3. The first-order valence-corrected chi connectivity index (χ1v) is 8.03. The molecular weight excluding hydrogens is 304 g/mol. The molecule has 0 unspecified atom stereocenters. The van der Waals surface area contributed by atoms with Gasteiger partial charge >= 0.3 is 0 Å². The van der Waals surface area contributed by atoms with Gasteiger partial charge in [0.2, 0.25) is 10.8 Å². The first-order valence-electron chi connectivity index (χ1n) is 6.33. The second kappa shape index (κ2) is 4.97. The van der Waals surface area contributed by atoms with Crippen molar-refractivity contribution < 1.29 is 0 Å². The fourth-order valence-corrected chi connectivity index (χ4v) is 3.49.